The quantitative estimate of drug-likeness (QED) is 0.535. The molecule has 4 N–H and O–H groups in total. The number of hydrogen-bond acceptors (Lipinski definition) is 6. The van der Waals surface area contributed by atoms with Gasteiger partial charge in [0.05, 0.1) is 0 Å². The molecule has 0 saturated heterocycles. The molecular weight excluding hydrogens is 360 g/mol. The molecule has 0 aliphatic carbocycles. The van der Waals surface area contributed by atoms with E-state index in [4.69, 9.17) is 5.11 Å². The minimum absolute atomic E-state index is 0.234. The summed E-state index contributed by atoms with van der Waals surface area (Å²) in [6.07, 6.45) is 0. The summed E-state index contributed by atoms with van der Waals surface area (Å²) in [5, 5.41) is 24.3. The van der Waals surface area contributed by atoms with Crippen molar-refractivity contribution < 1.29 is 19.8 Å². The number of hydrogen-bond donors (Lipinski definition) is 4. The Morgan fingerprint density at radius 3 is 2.07 bits per heavy atom. The van der Waals surface area contributed by atoms with Crippen LogP contribution >= 0.6 is 0 Å². The fraction of sp³-hybridized carbons (Fsp3) is 0.100. The molecule has 0 aliphatic rings. The number of aromatic hydroxyl groups is 1. The number of amides is 1. The Morgan fingerprint density at radius 2 is 1.50 bits per heavy atom. The lowest BCUT2D eigenvalue weighted by molar-refractivity contribution is 0.0693. The summed E-state index contributed by atoms with van der Waals surface area (Å²) in [7, 11) is 0. The first-order valence-electron chi connectivity index (χ1n) is 8.39. The third-order valence-electron chi connectivity index (χ3n) is 3.87. The fourth-order valence-electron chi connectivity index (χ4n) is 2.61. The van der Waals surface area contributed by atoms with E-state index in [0.717, 1.165) is 17.1 Å². The van der Waals surface area contributed by atoms with Gasteiger partial charge in [-0.1, -0.05) is 0 Å². The molecule has 0 unspecified atom stereocenters. The Kier molecular flexibility index (Phi) is 5.21. The molecule has 0 radical (unpaired) electrons. The first kappa shape index (κ1) is 18.8. The van der Waals surface area contributed by atoms with E-state index in [1.54, 1.807) is 24.3 Å². The maximum absolute atomic E-state index is 12.3. The van der Waals surface area contributed by atoms with Crippen LogP contribution in [-0.4, -0.2) is 32.1 Å². The number of carbonyl (C=O) groups excluding carboxylic acids is 1. The van der Waals surface area contributed by atoms with Crippen LogP contribution in [0.3, 0.4) is 0 Å². The van der Waals surface area contributed by atoms with E-state index in [0.29, 0.717) is 17.2 Å². The molecule has 1 amide bonds. The highest BCUT2D eigenvalue weighted by Gasteiger charge is 2.12. The van der Waals surface area contributed by atoms with E-state index < -0.39 is 17.6 Å². The van der Waals surface area contributed by atoms with Gasteiger partial charge in [0, 0.05) is 34.4 Å². The third-order valence-corrected chi connectivity index (χ3v) is 3.87. The second-order valence-electron chi connectivity index (χ2n) is 6.17. The van der Waals surface area contributed by atoms with Gasteiger partial charge in [-0.3, -0.25) is 4.79 Å². The topological polar surface area (TPSA) is 124 Å². The minimum Gasteiger partial charge on any atom is -0.507 e. The van der Waals surface area contributed by atoms with Gasteiger partial charge in [0.15, 0.2) is 0 Å². The number of carboxylic acid groups (broad SMARTS) is 1. The van der Waals surface area contributed by atoms with Crippen LogP contribution in [0.15, 0.2) is 48.5 Å². The summed E-state index contributed by atoms with van der Waals surface area (Å²) in [6.45, 7) is 3.77. The van der Waals surface area contributed by atoms with Gasteiger partial charge in [0.1, 0.15) is 11.3 Å². The zero-order chi connectivity index (χ0) is 20.3. The van der Waals surface area contributed by atoms with Gasteiger partial charge in [-0.15, -0.1) is 0 Å². The highest BCUT2D eigenvalue weighted by Crippen LogP contribution is 2.23. The van der Waals surface area contributed by atoms with E-state index >= 15 is 0 Å². The van der Waals surface area contributed by atoms with Crippen LogP contribution in [0.1, 0.15) is 32.1 Å². The number of aryl methyl sites for hydroxylation is 2. The summed E-state index contributed by atoms with van der Waals surface area (Å²) in [5.74, 6) is -1.58. The summed E-state index contributed by atoms with van der Waals surface area (Å²) in [5.41, 5.74) is 2.88. The van der Waals surface area contributed by atoms with Crippen molar-refractivity contribution >= 4 is 29.2 Å². The molecule has 3 rings (SSSR count). The van der Waals surface area contributed by atoms with Crippen molar-refractivity contribution in [2.45, 2.75) is 13.8 Å². The van der Waals surface area contributed by atoms with Crippen molar-refractivity contribution in [1.29, 1.82) is 0 Å². The highest BCUT2D eigenvalue weighted by atomic mass is 16.4. The number of anilines is 3. The van der Waals surface area contributed by atoms with E-state index in [2.05, 4.69) is 20.6 Å². The summed E-state index contributed by atoms with van der Waals surface area (Å²) in [4.78, 5) is 31.9. The van der Waals surface area contributed by atoms with Crippen molar-refractivity contribution in [1.82, 2.24) is 9.97 Å². The van der Waals surface area contributed by atoms with Gasteiger partial charge in [-0.2, -0.15) is 0 Å². The van der Waals surface area contributed by atoms with E-state index in [9.17, 15) is 14.7 Å². The number of carbonyl (C=O) groups is 2. The Bertz CT molecular complexity index is 1030. The van der Waals surface area contributed by atoms with Crippen molar-refractivity contribution in [2.24, 2.45) is 0 Å². The first-order chi connectivity index (χ1) is 13.3. The van der Waals surface area contributed by atoms with Gasteiger partial charge in [0.2, 0.25) is 5.95 Å². The van der Waals surface area contributed by atoms with Crippen LogP contribution in [-0.2, 0) is 0 Å². The number of phenols is 1. The Hall–Kier alpha value is -3.94. The van der Waals surface area contributed by atoms with Gasteiger partial charge in [-0.25, -0.2) is 14.8 Å². The molecule has 1 heterocycles. The minimum atomic E-state index is -1.24. The molecule has 3 aromatic rings. The Balaban J connectivity index is 1.70. The van der Waals surface area contributed by atoms with E-state index in [1.165, 1.54) is 18.2 Å². The second-order valence-corrected chi connectivity index (χ2v) is 6.17. The lowest BCUT2D eigenvalue weighted by Gasteiger charge is -2.09. The summed E-state index contributed by atoms with van der Waals surface area (Å²) < 4.78 is 0. The zero-order valence-corrected chi connectivity index (χ0v) is 15.2. The van der Waals surface area contributed by atoms with Crippen molar-refractivity contribution in [3.05, 3.63) is 71.0 Å². The monoisotopic (exact) mass is 378 g/mol. The molecule has 0 aliphatic heterocycles. The smallest absolute Gasteiger partial charge is 0.339 e. The molecule has 8 nitrogen and oxygen atoms in total. The van der Waals surface area contributed by atoms with Crippen LogP contribution < -0.4 is 10.6 Å². The zero-order valence-electron chi connectivity index (χ0n) is 15.2. The normalized spacial score (nSPS) is 10.4. The largest absolute Gasteiger partial charge is 0.507 e. The van der Waals surface area contributed by atoms with Gasteiger partial charge in [-0.05, 0) is 56.3 Å². The molecule has 0 bridgehead atoms. The van der Waals surface area contributed by atoms with Gasteiger partial charge >= 0.3 is 5.97 Å². The van der Waals surface area contributed by atoms with Crippen molar-refractivity contribution in [3.63, 3.8) is 0 Å². The number of aromatic carboxylic acids is 1. The SMILES string of the molecule is Cc1cc(C)nc(Nc2ccc(C(=O)Nc3ccc(C(=O)O)c(O)c3)cc2)n1. The summed E-state index contributed by atoms with van der Waals surface area (Å²) in [6, 6.07) is 12.4. The molecular formula is C20H18N4O4. The number of nitrogens with zero attached hydrogens (tertiary/aromatic N) is 2. The molecule has 0 fully saturated rings. The van der Waals surface area contributed by atoms with Crippen LogP contribution in [0.4, 0.5) is 17.3 Å². The van der Waals surface area contributed by atoms with Crippen LogP contribution in [0, 0.1) is 13.8 Å². The number of rotatable bonds is 5. The van der Waals surface area contributed by atoms with Crippen LogP contribution in [0.25, 0.3) is 0 Å². The van der Waals surface area contributed by atoms with Crippen molar-refractivity contribution in [3.8, 4) is 5.75 Å². The number of benzene rings is 2. The molecule has 28 heavy (non-hydrogen) atoms. The van der Waals surface area contributed by atoms with Crippen molar-refractivity contribution in [2.75, 3.05) is 10.6 Å². The Morgan fingerprint density at radius 1 is 0.893 bits per heavy atom. The maximum atomic E-state index is 12.3. The fourth-order valence-corrected chi connectivity index (χ4v) is 2.61. The average molecular weight is 378 g/mol. The molecule has 0 atom stereocenters. The predicted molar refractivity (Wildman–Crippen MR) is 104 cm³/mol. The number of nitrogens with one attached hydrogen (secondary N) is 2. The first-order valence-corrected chi connectivity index (χ1v) is 8.39. The molecule has 8 heteroatoms. The molecule has 1 aromatic heterocycles. The van der Waals surface area contributed by atoms with Crippen LogP contribution in [0.5, 0.6) is 5.75 Å². The molecule has 142 valence electrons. The third kappa shape index (κ3) is 4.42. The van der Waals surface area contributed by atoms with Crippen LogP contribution in [0.2, 0.25) is 0 Å². The number of carboxylic acids is 1. The molecule has 0 spiro atoms. The lowest BCUT2D eigenvalue weighted by Crippen LogP contribution is -2.12. The maximum Gasteiger partial charge on any atom is 0.339 e. The predicted octanol–water partition coefficient (Wildman–Crippen LogP) is 3.49. The average Bonchev–Trinajstić information content (AvgIpc) is 2.61. The van der Waals surface area contributed by atoms with Gasteiger partial charge in [0.25, 0.3) is 5.91 Å². The number of aromatic nitrogens is 2. The lowest BCUT2D eigenvalue weighted by atomic mass is 10.1. The molecule has 2 aromatic carbocycles. The Labute approximate surface area is 160 Å². The van der Waals surface area contributed by atoms with E-state index in [1.807, 2.05) is 19.9 Å². The standard InChI is InChI=1S/C20H18N4O4/c1-11-9-12(2)22-20(21-11)24-14-5-3-13(4-6-14)18(26)23-15-7-8-16(19(27)28)17(25)10-15/h3-10,25H,1-2H3,(H,23,26)(H,27,28)(H,21,22,24). The van der Waals surface area contributed by atoms with Gasteiger partial charge < -0.3 is 20.8 Å². The molecule has 0 saturated carbocycles. The highest BCUT2D eigenvalue weighted by molar-refractivity contribution is 6.05. The van der Waals surface area contributed by atoms with E-state index in [-0.39, 0.29) is 5.56 Å². The second kappa shape index (κ2) is 7.75. The summed E-state index contributed by atoms with van der Waals surface area (Å²) >= 11 is 0.